The molecule has 258 valence electrons. The van der Waals surface area contributed by atoms with Gasteiger partial charge in [0.05, 0.1) is 45.2 Å². The van der Waals surface area contributed by atoms with Crippen LogP contribution in [0, 0.1) is 0 Å². The summed E-state index contributed by atoms with van der Waals surface area (Å²) in [7, 11) is 0. The zero-order valence-electron chi connectivity index (χ0n) is 29.7. The van der Waals surface area contributed by atoms with Crippen LogP contribution in [-0.4, -0.2) is 29.5 Å². The molecule has 0 saturated carbocycles. The molecule has 10 rings (SSSR count). The third kappa shape index (κ3) is 6.11. The number of rotatable bonds is 7. The summed E-state index contributed by atoms with van der Waals surface area (Å²) in [6.45, 7) is 0. The summed E-state index contributed by atoms with van der Waals surface area (Å²) in [5, 5.41) is 2.47. The number of hydrogen-bond donors (Lipinski definition) is 0. The summed E-state index contributed by atoms with van der Waals surface area (Å²) < 4.78 is 2.32. The molecule has 0 unspecified atom stereocenters. The number of hydrogen-bond acceptors (Lipinski definition) is 5. The Morgan fingerprint density at radius 2 is 0.891 bits per heavy atom. The molecule has 0 spiro atoms. The van der Waals surface area contributed by atoms with E-state index in [0.29, 0.717) is 5.82 Å². The van der Waals surface area contributed by atoms with Crippen molar-refractivity contribution in [1.29, 1.82) is 0 Å². The smallest absolute Gasteiger partial charge is 0.160 e. The predicted octanol–water partition coefficient (Wildman–Crippen LogP) is 11.8. The molecular formula is C49H32N6. The quantitative estimate of drug-likeness (QED) is 0.165. The lowest BCUT2D eigenvalue weighted by Gasteiger charge is -2.12. The van der Waals surface area contributed by atoms with Gasteiger partial charge in [0, 0.05) is 45.5 Å². The van der Waals surface area contributed by atoms with Gasteiger partial charge in [-0.25, -0.2) is 15.0 Å². The van der Waals surface area contributed by atoms with Crippen molar-refractivity contribution in [3.63, 3.8) is 0 Å². The second kappa shape index (κ2) is 13.8. The largest absolute Gasteiger partial charge is 0.309 e. The van der Waals surface area contributed by atoms with E-state index in [2.05, 4.69) is 125 Å². The summed E-state index contributed by atoms with van der Waals surface area (Å²) in [6.07, 6.45) is 3.66. The van der Waals surface area contributed by atoms with Gasteiger partial charge in [-0.3, -0.25) is 9.97 Å². The van der Waals surface area contributed by atoms with Crippen LogP contribution in [0.2, 0.25) is 0 Å². The molecular weight excluding hydrogens is 673 g/mol. The second-order valence-corrected chi connectivity index (χ2v) is 13.4. The van der Waals surface area contributed by atoms with Crippen LogP contribution in [-0.2, 0) is 0 Å². The van der Waals surface area contributed by atoms with E-state index in [-0.39, 0.29) is 0 Å². The lowest BCUT2D eigenvalue weighted by Crippen LogP contribution is -1.98. The van der Waals surface area contributed by atoms with Gasteiger partial charge in [-0.2, -0.15) is 0 Å². The van der Waals surface area contributed by atoms with Crippen LogP contribution < -0.4 is 0 Å². The number of fused-ring (bicyclic) bond motifs is 3. The van der Waals surface area contributed by atoms with Gasteiger partial charge in [-0.05, 0) is 90.0 Å². The van der Waals surface area contributed by atoms with E-state index in [9.17, 15) is 0 Å². The Bertz CT molecular complexity index is 2830. The zero-order valence-corrected chi connectivity index (χ0v) is 29.7. The van der Waals surface area contributed by atoms with Crippen molar-refractivity contribution in [1.82, 2.24) is 29.5 Å². The standard InChI is InChI=1S/C49H32N6/c1-3-13-33(14-4-1)37-29-45(41-19-11-12-28-50-41)52-46(30-37)42-27-24-36(32-51-42)44-31-43(34-15-5-2-6-16-34)53-49(54-44)35-22-25-38(26-23-35)55-47-20-9-7-17-39(47)40-18-8-10-21-48(40)55/h1-32H. The first-order valence-electron chi connectivity index (χ1n) is 18.2. The van der Waals surface area contributed by atoms with Crippen molar-refractivity contribution in [3.05, 3.63) is 194 Å². The normalized spacial score (nSPS) is 11.3. The highest BCUT2D eigenvalue weighted by atomic mass is 15.0. The summed E-state index contributed by atoms with van der Waals surface area (Å²) in [6, 6.07) is 62.3. The number of aromatic nitrogens is 6. The van der Waals surface area contributed by atoms with Crippen LogP contribution in [0.4, 0.5) is 0 Å². The predicted molar refractivity (Wildman–Crippen MR) is 222 cm³/mol. The van der Waals surface area contributed by atoms with E-state index in [0.717, 1.165) is 67.7 Å². The number of benzene rings is 5. The molecule has 5 heterocycles. The molecule has 0 N–H and O–H groups in total. The second-order valence-electron chi connectivity index (χ2n) is 13.4. The third-order valence-corrected chi connectivity index (χ3v) is 9.94. The van der Waals surface area contributed by atoms with Gasteiger partial charge in [0.25, 0.3) is 0 Å². The minimum absolute atomic E-state index is 0.645. The van der Waals surface area contributed by atoms with Crippen LogP contribution in [0.3, 0.4) is 0 Å². The van der Waals surface area contributed by atoms with E-state index in [4.69, 9.17) is 19.9 Å². The first kappa shape index (κ1) is 32.1. The van der Waals surface area contributed by atoms with Crippen molar-refractivity contribution in [2.45, 2.75) is 0 Å². The van der Waals surface area contributed by atoms with E-state index in [1.807, 2.05) is 72.9 Å². The summed E-state index contributed by atoms with van der Waals surface area (Å²) in [4.78, 5) is 24.7. The van der Waals surface area contributed by atoms with Gasteiger partial charge < -0.3 is 4.57 Å². The fourth-order valence-corrected chi connectivity index (χ4v) is 7.24. The number of para-hydroxylation sites is 2. The SMILES string of the molecule is c1ccc(-c2cc(-c3ccccn3)nc(-c3ccc(-c4cc(-c5ccccc5)nc(-c5ccc(-n6c7ccccc7c7ccccc76)cc5)n4)cn3)c2)cc1. The summed E-state index contributed by atoms with van der Waals surface area (Å²) in [5.74, 6) is 0.645. The van der Waals surface area contributed by atoms with Crippen molar-refractivity contribution >= 4 is 21.8 Å². The van der Waals surface area contributed by atoms with Crippen LogP contribution >= 0.6 is 0 Å². The van der Waals surface area contributed by atoms with E-state index in [1.165, 1.54) is 21.8 Å². The first-order chi connectivity index (χ1) is 27.2. The molecule has 0 aliphatic rings. The molecule has 0 bridgehead atoms. The zero-order chi connectivity index (χ0) is 36.6. The first-order valence-corrected chi connectivity index (χ1v) is 18.2. The van der Waals surface area contributed by atoms with Crippen LogP contribution in [0.1, 0.15) is 0 Å². The number of pyridine rings is 3. The Labute approximate surface area is 318 Å². The Morgan fingerprint density at radius 1 is 0.327 bits per heavy atom. The molecule has 0 saturated heterocycles. The molecule has 6 nitrogen and oxygen atoms in total. The van der Waals surface area contributed by atoms with Crippen LogP contribution in [0.15, 0.2) is 194 Å². The Balaban J connectivity index is 1.04. The maximum atomic E-state index is 5.12. The lowest BCUT2D eigenvalue weighted by atomic mass is 10.0. The van der Waals surface area contributed by atoms with Gasteiger partial charge >= 0.3 is 0 Å². The minimum atomic E-state index is 0.645. The fraction of sp³-hybridized carbons (Fsp3) is 0. The minimum Gasteiger partial charge on any atom is -0.309 e. The average molecular weight is 705 g/mol. The Hall–Kier alpha value is -7.57. The van der Waals surface area contributed by atoms with E-state index in [1.54, 1.807) is 6.20 Å². The highest BCUT2D eigenvalue weighted by Gasteiger charge is 2.15. The van der Waals surface area contributed by atoms with Gasteiger partial charge in [0.2, 0.25) is 0 Å². The maximum Gasteiger partial charge on any atom is 0.160 e. The topological polar surface area (TPSA) is 69.4 Å². The molecule has 0 amide bonds. The van der Waals surface area contributed by atoms with Crippen molar-refractivity contribution in [3.8, 4) is 73.5 Å². The molecule has 0 radical (unpaired) electrons. The van der Waals surface area contributed by atoms with Crippen LogP contribution in [0.25, 0.3) is 95.3 Å². The maximum absolute atomic E-state index is 5.12. The molecule has 0 fully saturated rings. The Morgan fingerprint density at radius 3 is 1.51 bits per heavy atom. The van der Waals surface area contributed by atoms with Crippen molar-refractivity contribution in [2.75, 3.05) is 0 Å². The van der Waals surface area contributed by atoms with Crippen molar-refractivity contribution < 1.29 is 0 Å². The lowest BCUT2D eigenvalue weighted by molar-refractivity contribution is 1.16. The number of nitrogens with zero attached hydrogens (tertiary/aromatic N) is 6. The summed E-state index contributed by atoms with van der Waals surface area (Å²) >= 11 is 0. The molecule has 5 aromatic carbocycles. The van der Waals surface area contributed by atoms with Gasteiger partial charge in [0.1, 0.15) is 0 Å². The van der Waals surface area contributed by atoms with Gasteiger partial charge in [0.15, 0.2) is 5.82 Å². The molecule has 55 heavy (non-hydrogen) atoms. The van der Waals surface area contributed by atoms with Gasteiger partial charge in [-0.15, -0.1) is 0 Å². The highest BCUT2D eigenvalue weighted by Crippen LogP contribution is 2.34. The molecule has 0 aliphatic heterocycles. The Kier molecular flexibility index (Phi) is 8.04. The highest BCUT2D eigenvalue weighted by molar-refractivity contribution is 6.09. The van der Waals surface area contributed by atoms with Crippen LogP contribution in [0.5, 0.6) is 0 Å². The fourth-order valence-electron chi connectivity index (χ4n) is 7.24. The monoisotopic (exact) mass is 704 g/mol. The molecule has 6 heteroatoms. The molecule has 5 aromatic heterocycles. The molecule has 10 aromatic rings. The molecule has 0 atom stereocenters. The van der Waals surface area contributed by atoms with Crippen molar-refractivity contribution in [2.24, 2.45) is 0 Å². The average Bonchev–Trinajstić information content (AvgIpc) is 3.61. The summed E-state index contributed by atoms with van der Waals surface area (Å²) in [5.41, 5.74) is 13.2. The third-order valence-electron chi connectivity index (χ3n) is 9.94. The van der Waals surface area contributed by atoms with E-state index < -0.39 is 0 Å². The van der Waals surface area contributed by atoms with E-state index >= 15 is 0 Å². The molecule has 0 aliphatic carbocycles. The van der Waals surface area contributed by atoms with Gasteiger partial charge in [-0.1, -0.05) is 103 Å².